The fourth-order valence-corrected chi connectivity index (χ4v) is 4.73. The Labute approximate surface area is 193 Å². The molecule has 0 bridgehead atoms. The second-order valence-electron chi connectivity index (χ2n) is 8.61. The zero-order valence-electron chi connectivity index (χ0n) is 18.3. The summed E-state index contributed by atoms with van der Waals surface area (Å²) in [5, 5.41) is 4.99. The summed E-state index contributed by atoms with van der Waals surface area (Å²) >= 11 is 6.29. The zero-order valence-corrected chi connectivity index (χ0v) is 19.0. The van der Waals surface area contributed by atoms with Crippen molar-refractivity contribution < 1.29 is 4.79 Å². The summed E-state index contributed by atoms with van der Waals surface area (Å²) in [6.45, 7) is 5.29. The number of amides is 2. The largest absolute Gasteiger partial charge is 0.356 e. The van der Waals surface area contributed by atoms with Gasteiger partial charge in [0, 0.05) is 34.7 Å². The van der Waals surface area contributed by atoms with E-state index in [9.17, 15) is 4.79 Å². The van der Waals surface area contributed by atoms with Crippen molar-refractivity contribution in [2.75, 3.05) is 6.54 Å². The van der Waals surface area contributed by atoms with E-state index in [1.165, 1.54) is 16.7 Å². The van der Waals surface area contributed by atoms with Crippen LogP contribution in [0, 0.1) is 13.8 Å². The van der Waals surface area contributed by atoms with E-state index >= 15 is 0 Å². The molecule has 1 unspecified atom stereocenters. The van der Waals surface area contributed by atoms with Gasteiger partial charge in [-0.25, -0.2) is 4.79 Å². The number of aromatic nitrogens is 1. The Balaban J connectivity index is 1.50. The lowest BCUT2D eigenvalue weighted by atomic mass is 9.92. The number of fused-ring (bicyclic) bond motifs is 3. The van der Waals surface area contributed by atoms with Crippen molar-refractivity contribution in [2.45, 2.75) is 32.9 Å². The molecule has 0 aliphatic carbocycles. The van der Waals surface area contributed by atoms with Crippen LogP contribution in [0.25, 0.3) is 10.9 Å². The Hall–Kier alpha value is -3.24. The molecule has 0 fully saturated rings. The number of hydrogen-bond donors (Lipinski definition) is 2. The monoisotopic (exact) mass is 443 g/mol. The first-order valence-corrected chi connectivity index (χ1v) is 11.3. The molecule has 1 aliphatic heterocycles. The molecule has 162 valence electrons. The minimum Gasteiger partial charge on any atom is -0.356 e. The van der Waals surface area contributed by atoms with E-state index in [-0.39, 0.29) is 12.1 Å². The molecule has 4 aromatic rings. The molecule has 2 N–H and O–H groups in total. The number of benzene rings is 3. The van der Waals surface area contributed by atoms with Gasteiger partial charge in [-0.15, -0.1) is 0 Å². The van der Waals surface area contributed by atoms with Gasteiger partial charge in [0.25, 0.3) is 0 Å². The van der Waals surface area contributed by atoms with Crippen LogP contribution in [0.4, 0.5) is 4.79 Å². The molecule has 1 atom stereocenters. The van der Waals surface area contributed by atoms with E-state index in [0.29, 0.717) is 13.1 Å². The highest BCUT2D eigenvalue weighted by molar-refractivity contribution is 6.31. The molecule has 5 rings (SSSR count). The predicted molar refractivity (Wildman–Crippen MR) is 130 cm³/mol. The van der Waals surface area contributed by atoms with Crippen molar-refractivity contribution >= 4 is 28.5 Å². The minimum absolute atomic E-state index is 0.0570. The summed E-state index contributed by atoms with van der Waals surface area (Å²) < 4.78 is 0. The van der Waals surface area contributed by atoms with Gasteiger partial charge in [-0.05, 0) is 55.2 Å². The summed E-state index contributed by atoms with van der Waals surface area (Å²) in [5.74, 6) is 0. The van der Waals surface area contributed by atoms with E-state index in [4.69, 9.17) is 11.6 Å². The highest BCUT2D eigenvalue weighted by atomic mass is 35.5. The van der Waals surface area contributed by atoms with Crippen LogP contribution in [0.1, 0.15) is 39.6 Å². The van der Waals surface area contributed by atoms with Crippen molar-refractivity contribution in [3.05, 3.63) is 105 Å². The number of urea groups is 1. The van der Waals surface area contributed by atoms with Crippen molar-refractivity contribution in [1.82, 2.24) is 15.2 Å². The van der Waals surface area contributed by atoms with E-state index < -0.39 is 0 Å². The van der Waals surface area contributed by atoms with Gasteiger partial charge in [0.2, 0.25) is 0 Å². The third-order valence-electron chi connectivity index (χ3n) is 6.31. The average molecular weight is 444 g/mol. The highest BCUT2D eigenvalue weighted by Crippen LogP contribution is 2.39. The van der Waals surface area contributed by atoms with Gasteiger partial charge in [-0.1, -0.05) is 71.3 Å². The maximum Gasteiger partial charge on any atom is 0.318 e. The van der Waals surface area contributed by atoms with E-state index in [2.05, 4.69) is 72.7 Å². The van der Waals surface area contributed by atoms with Crippen LogP contribution >= 0.6 is 11.6 Å². The number of H-pyrrole nitrogens is 1. The number of nitrogens with one attached hydrogen (secondary N) is 2. The normalized spacial score (nSPS) is 15.6. The third-order valence-corrected chi connectivity index (χ3v) is 6.54. The van der Waals surface area contributed by atoms with Gasteiger partial charge in [-0.3, -0.25) is 0 Å². The molecule has 2 heterocycles. The second-order valence-corrected chi connectivity index (χ2v) is 9.04. The molecule has 1 aromatic heterocycles. The van der Waals surface area contributed by atoms with E-state index in [0.717, 1.165) is 39.2 Å². The molecule has 0 radical (unpaired) electrons. The van der Waals surface area contributed by atoms with Gasteiger partial charge >= 0.3 is 6.03 Å². The molecule has 1 aliphatic rings. The molecule has 32 heavy (non-hydrogen) atoms. The number of hydrogen-bond acceptors (Lipinski definition) is 1. The summed E-state index contributed by atoms with van der Waals surface area (Å²) in [6.07, 6.45) is 0.788. The number of rotatable bonds is 3. The minimum atomic E-state index is -0.177. The Kier molecular flexibility index (Phi) is 5.40. The van der Waals surface area contributed by atoms with Crippen LogP contribution in [-0.2, 0) is 13.0 Å². The molecular formula is C27H26ClN3O. The molecule has 0 saturated heterocycles. The van der Waals surface area contributed by atoms with Crippen LogP contribution in [0.15, 0.2) is 66.7 Å². The number of carbonyl (C=O) groups excluding carboxylic acids is 1. The van der Waals surface area contributed by atoms with Crippen LogP contribution in [0.3, 0.4) is 0 Å². The third kappa shape index (κ3) is 3.87. The summed E-state index contributed by atoms with van der Waals surface area (Å²) in [5.41, 5.74) is 7.97. The van der Waals surface area contributed by atoms with Gasteiger partial charge in [0.05, 0.1) is 6.04 Å². The fourth-order valence-electron chi connectivity index (χ4n) is 4.56. The lowest BCUT2D eigenvalue weighted by Crippen LogP contribution is -2.45. The summed E-state index contributed by atoms with van der Waals surface area (Å²) in [7, 11) is 0. The van der Waals surface area contributed by atoms with Crippen molar-refractivity contribution in [3.63, 3.8) is 0 Å². The molecule has 5 heteroatoms. The topological polar surface area (TPSA) is 48.1 Å². The maximum absolute atomic E-state index is 13.3. The highest BCUT2D eigenvalue weighted by Gasteiger charge is 2.34. The lowest BCUT2D eigenvalue weighted by Gasteiger charge is -2.36. The van der Waals surface area contributed by atoms with Crippen molar-refractivity contribution in [2.24, 2.45) is 0 Å². The zero-order chi connectivity index (χ0) is 22.2. The van der Waals surface area contributed by atoms with Crippen LogP contribution in [0.2, 0.25) is 5.02 Å². The summed E-state index contributed by atoms with van der Waals surface area (Å²) in [6, 6.07) is 22.4. The molecule has 0 spiro atoms. The van der Waals surface area contributed by atoms with Crippen LogP contribution in [-0.4, -0.2) is 22.5 Å². The summed E-state index contributed by atoms with van der Waals surface area (Å²) in [4.78, 5) is 18.9. The molecule has 0 saturated carbocycles. The Bertz CT molecular complexity index is 1280. The maximum atomic E-state index is 13.3. The quantitative estimate of drug-likeness (QED) is 0.383. The lowest BCUT2D eigenvalue weighted by molar-refractivity contribution is 0.179. The number of aromatic amines is 1. The number of halogens is 1. The van der Waals surface area contributed by atoms with Gasteiger partial charge in [0.1, 0.15) is 0 Å². The smallest absolute Gasteiger partial charge is 0.318 e. The Morgan fingerprint density at radius 3 is 2.44 bits per heavy atom. The Morgan fingerprint density at radius 1 is 1.03 bits per heavy atom. The predicted octanol–water partition coefficient (Wildman–Crippen LogP) is 6.30. The van der Waals surface area contributed by atoms with Crippen molar-refractivity contribution in [1.29, 1.82) is 0 Å². The molecule has 2 amide bonds. The van der Waals surface area contributed by atoms with Crippen molar-refractivity contribution in [3.8, 4) is 0 Å². The SMILES string of the molecule is Cc1ccc(CNC(=O)N2CCc3c([nH]c4ccc(Cl)cc34)C2c2ccc(C)cc2)cc1. The fraction of sp³-hybridized carbons (Fsp3) is 0.222. The molecular weight excluding hydrogens is 418 g/mol. The van der Waals surface area contributed by atoms with Gasteiger partial charge in [-0.2, -0.15) is 0 Å². The van der Waals surface area contributed by atoms with Gasteiger partial charge in [0.15, 0.2) is 0 Å². The second kappa shape index (κ2) is 8.36. The first-order chi connectivity index (χ1) is 15.5. The standard InChI is InChI=1S/C27H26ClN3O/c1-17-3-7-19(8-4-17)16-29-27(32)31-14-13-22-23-15-21(28)11-12-24(23)30-25(22)26(31)20-9-5-18(2)6-10-20/h3-12,15,26,30H,13-14,16H2,1-2H3,(H,29,32). The molecule has 3 aromatic carbocycles. The van der Waals surface area contributed by atoms with Crippen LogP contribution in [0.5, 0.6) is 0 Å². The van der Waals surface area contributed by atoms with E-state index in [1.807, 2.05) is 23.1 Å². The first-order valence-electron chi connectivity index (χ1n) is 11.0. The average Bonchev–Trinajstić information content (AvgIpc) is 3.16. The Morgan fingerprint density at radius 2 is 1.72 bits per heavy atom. The first kappa shape index (κ1) is 20.7. The van der Waals surface area contributed by atoms with Gasteiger partial charge < -0.3 is 15.2 Å². The molecule has 4 nitrogen and oxygen atoms in total. The number of nitrogens with zero attached hydrogens (tertiary/aromatic N) is 1. The number of carbonyl (C=O) groups is 1. The van der Waals surface area contributed by atoms with Crippen LogP contribution < -0.4 is 5.32 Å². The number of aryl methyl sites for hydroxylation is 2. The van der Waals surface area contributed by atoms with E-state index in [1.54, 1.807) is 0 Å².